The molecule has 0 aromatic carbocycles. The summed E-state index contributed by atoms with van der Waals surface area (Å²) in [5.41, 5.74) is 1.33. The van der Waals surface area contributed by atoms with Gasteiger partial charge in [0.1, 0.15) is 34.4 Å². The number of H-pyrrole nitrogens is 2. The average molecular weight is 751 g/mol. The van der Waals surface area contributed by atoms with Gasteiger partial charge in [-0.05, 0) is 49.4 Å². The Balaban J connectivity index is 1.12. The summed E-state index contributed by atoms with van der Waals surface area (Å²) in [6, 6.07) is -1.91. The third-order valence-corrected chi connectivity index (χ3v) is 11.2. The van der Waals surface area contributed by atoms with E-state index in [9.17, 15) is 19.2 Å². The highest BCUT2D eigenvalue weighted by Gasteiger charge is 2.39. The Bertz CT molecular complexity index is 1970. The van der Waals surface area contributed by atoms with E-state index in [0.717, 1.165) is 46.0 Å². The molecule has 2 saturated heterocycles. The number of thiazole rings is 2. The lowest BCUT2D eigenvalue weighted by Crippen LogP contribution is -2.51. The second kappa shape index (κ2) is 15.7. The predicted molar refractivity (Wildman–Crippen MR) is 193 cm³/mol. The highest BCUT2D eigenvalue weighted by atomic mass is 32.1. The van der Waals surface area contributed by atoms with Crippen molar-refractivity contribution in [1.29, 1.82) is 0 Å². The van der Waals surface area contributed by atoms with Gasteiger partial charge in [-0.3, -0.25) is 9.59 Å². The van der Waals surface area contributed by atoms with E-state index < -0.39 is 24.3 Å². The van der Waals surface area contributed by atoms with Crippen LogP contribution in [0.15, 0.2) is 12.4 Å². The normalized spacial score (nSPS) is 18.4. The summed E-state index contributed by atoms with van der Waals surface area (Å²) >= 11 is 2.80. The predicted octanol–water partition coefficient (Wildman–Crippen LogP) is 4.35. The number of carbonyl (C=O) groups is 4. The molecule has 0 aliphatic carbocycles. The lowest BCUT2D eigenvalue weighted by atomic mass is 10.0. The van der Waals surface area contributed by atoms with Crippen molar-refractivity contribution in [2.45, 2.75) is 77.5 Å². The molecule has 2 fully saturated rings. The van der Waals surface area contributed by atoms with Gasteiger partial charge in [-0.2, -0.15) is 0 Å². The van der Waals surface area contributed by atoms with Crippen molar-refractivity contribution in [3.05, 3.63) is 34.7 Å². The molecule has 18 heteroatoms. The van der Waals surface area contributed by atoms with E-state index in [1.807, 2.05) is 27.7 Å². The fourth-order valence-electron chi connectivity index (χ4n) is 6.50. The molecule has 2 aliphatic heterocycles. The number of amides is 4. The first kappa shape index (κ1) is 36.8. The number of nitrogens with zero attached hydrogens (tertiary/aromatic N) is 6. The first-order chi connectivity index (χ1) is 25.0. The van der Waals surface area contributed by atoms with Crippen LogP contribution < -0.4 is 10.6 Å². The van der Waals surface area contributed by atoms with Crippen molar-refractivity contribution in [2.75, 3.05) is 27.3 Å². The van der Waals surface area contributed by atoms with E-state index in [4.69, 9.17) is 14.5 Å². The Morgan fingerprint density at radius 2 is 1.33 bits per heavy atom. The Morgan fingerprint density at radius 3 is 1.87 bits per heavy atom. The second-order valence-corrected chi connectivity index (χ2v) is 15.3. The topological polar surface area (TPSA) is 200 Å². The third kappa shape index (κ3) is 7.75. The fourth-order valence-corrected chi connectivity index (χ4v) is 8.36. The van der Waals surface area contributed by atoms with Gasteiger partial charge in [0, 0.05) is 13.1 Å². The number of nitrogens with one attached hydrogen (secondary N) is 4. The average Bonchev–Trinajstić information content (AvgIpc) is 3.96. The molecule has 0 saturated carbocycles. The number of carbonyl (C=O) groups excluding carboxylic acids is 4. The minimum absolute atomic E-state index is 0.121. The number of ether oxygens (including phenoxy) is 2. The SMILES string of the molecule is COC(=O)N[C@H](C(=O)N1CCCC1c1ncc(-c2nc3sc(C#Cc4cnc([C@@H]5CCCN5C(=O)[C@@H](NC(=O)OC)C(C)C)[nH]4)nc3s2)[nH]1)C(C)C. The second-order valence-electron chi connectivity index (χ2n) is 13.4. The van der Waals surface area contributed by atoms with Gasteiger partial charge in [-0.1, -0.05) is 50.4 Å². The maximum atomic E-state index is 13.5. The number of hydrogen-bond acceptors (Lipinski definition) is 12. The van der Waals surface area contributed by atoms with Crippen molar-refractivity contribution < 1.29 is 28.7 Å². The molecule has 6 rings (SSSR count). The van der Waals surface area contributed by atoms with Gasteiger partial charge < -0.3 is 39.9 Å². The summed E-state index contributed by atoms with van der Waals surface area (Å²) in [5.74, 6) is 6.93. The molecule has 4 atom stereocenters. The van der Waals surface area contributed by atoms with Crippen molar-refractivity contribution in [3.63, 3.8) is 0 Å². The van der Waals surface area contributed by atoms with Crippen molar-refractivity contribution in [3.8, 4) is 22.5 Å². The number of aromatic amines is 2. The van der Waals surface area contributed by atoms with E-state index in [1.54, 1.807) is 22.2 Å². The molecular weight excluding hydrogens is 709 g/mol. The number of alkyl carbamates (subject to hydrolysis) is 2. The quantitative estimate of drug-likeness (QED) is 0.178. The van der Waals surface area contributed by atoms with E-state index in [1.165, 1.54) is 36.9 Å². The monoisotopic (exact) mass is 750 g/mol. The number of likely N-dealkylation sites (tertiary alicyclic amines) is 2. The Morgan fingerprint density at radius 1 is 0.788 bits per heavy atom. The van der Waals surface area contributed by atoms with Crippen LogP contribution in [0.5, 0.6) is 0 Å². The molecular formula is C34H42N10O6S2. The summed E-state index contributed by atoms with van der Waals surface area (Å²) in [6.07, 6.45) is 5.22. The zero-order valence-corrected chi connectivity index (χ0v) is 31.4. The molecule has 0 radical (unpaired) electrons. The minimum atomic E-state index is -0.709. The minimum Gasteiger partial charge on any atom is -0.453 e. The van der Waals surface area contributed by atoms with Crippen LogP contribution in [0, 0.1) is 23.7 Å². The van der Waals surface area contributed by atoms with Crippen LogP contribution >= 0.6 is 22.7 Å². The molecule has 4 amide bonds. The molecule has 4 aromatic rings. The lowest BCUT2D eigenvalue weighted by molar-refractivity contribution is -0.136. The Labute approximate surface area is 308 Å². The van der Waals surface area contributed by atoms with Crippen LogP contribution in [0.1, 0.15) is 87.8 Å². The van der Waals surface area contributed by atoms with Gasteiger partial charge in [0.05, 0.1) is 44.4 Å². The maximum Gasteiger partial charge on any atom is 0.407 e. The van der Waals surface area contributed by atoms with Gasteiger partial charge in [0.25, 0.3) is 0 Å². The van der Waals surface area contributed by atoms with Crippen LogP contribution in [0.3, 0.4) is 0 Å². The van der Waals surface area contributed by atoms with E-state index in [2.05, 4.69) is 47.4 Å². The summed E-state index contributed by atoms with van der Waals surface area (Å²) in [4.78, 5) is 81.0. The van der Waals surface area contributed by atoms with Gasteiger partial charge in [0.2, 0.25) is 11.8 Å². The van der Waals surface area contributed by atoms with E-state index in [-0.39, 0.29) is 35.7 Å². The first-order valence-corrected chi connectivity index (χ1v) is 18.8. The molecule has 0 spiro atoms. The number of methoxy groups -OCH3 is 2. The zero-order valence-electron chi connectivity index (χ0n) is 29.8. The lowest BCUT2D eigenvalue weighted by Gasteiger charge is -2.29. The summed E-state index contributed by atoms with van der Waals surface area (Å²) < 4.78 is 9.46. The van der Waals surface area contributed by atoms with Crippen molar-refractivity contribution in [1.82, 2.24) is 50.3 Å². The largest absolute Gasteiger partial charge is 0.453 e. The summed E-state index contributed by atoms with van der Waals surface area (Å²) in [5, 5.41) is 6.67. The molecule has 4 N–H and O–H groups in total. The molecule has 52 heavy (non-hydrogen) atoms. The number of hydrogen-bond donors (Lipinski definition) is 4. The van der Waals surface area contributed by atoms with Gasteiger partial charge in [-0.25, -0.2) is 29.5 Å². The third-order valence-electron chi connectivity index (χ3n) is 9.19. The van der Waals surface area contributed by atoms with E-state index in [0.29, 0.717) is 35.4 Å². The molecule has 276 valence electrons. The first-order valence-electron chi connectivity index (χ1n) is 17.2. The van der Waals surface area contributed by atoms with Crippen LogP contribution in [-0.2, 0) is 19.1 Å². The molecule has 2 aliphatic rings. The molecule has 0 bridgehead atoms. The van der Waals surface area contributed by atoms with Crippen LogP contribution in [0.4, 0.5) is 9.59 Å². The fraction of sp³-hybridized carbons (Fsp3) is 0.529. The Hall–Kier alpha value is -5.02. The molecule has 6 heterocycles. The Kier molecular flexibility index (Phi) is 11.1. The highest BCUT2D eigenvalue weighted by Crippen LogP contribution is 2.36. The molecule has 4 aromatic heterocycles. The van der Waals surface area contributed by atoms with Crippen LogP contribution in [-0.4, -0.2) is 103 Å². The number of rotatable bonds is 9. The number of imidazole rings is 2. The van der Waals surface area contributed by atoms with Crippen LogP contribution in [0.25, 0.3) is 20.4 Å². The van der Waals surface area contributed by atoms with Gasteiger partial charge >= 0.3 is 12.2 Å². The van der Waals surface area contributed by atoms with Crippen molar-refractivity contribution >= 4 is 56.3 Å². The summed E-state index contributed by atoms with van der Waals surface area (Å²) in [7, 11) is 2.55. The summed E-state index contributed by atoms with van der Waals surface area (Å²) in [6.45, 7) is 8.66. The number of fused-ring (bicyclic) bond motifs is 1. The number of aromatic nitrogens is 6. The standard InChI is InChI=1S/C34H42N10O6S2/c1-17(2)24(40-33(47)49-5)31(45)43-13-7-9-21(43)26-35-15-19(37-26)11-12-23-39-29-30(51-23)42-28(52-29)20-16-36-27(38-20)22-10-8-14-44(22)32(46)25(18(3)4)41-34(48)50-6/h15-18,21-22,24-25H,7-10,13-14H2,1-6H3,(H,35,37)(H,36,38)(H,40,47)(H,41,48)/t21-,22?,24-,25-/m0/s1. The van der Waals surface area contributed by atoms with Crippen molar-refractivity contribution in [2.24, 2.45) is 11.8 Å². The van der Waals surface area contributed by atoms with Gasteiger partial charge in [-0.15, -0.1) is 0 Å². The smallest absolute Gasteiger partial charge is 0.407 e. The molecule has 1 unspecified atom stereocenters. The zero-order chi connectivity index (χ0) is 37.1. The van der Waals surface area contributed by atoms with Gasteiger partial charge in [0.15, 0.2) is 14.7 Å². The van der Waals surface area contributed by atoms with E-state index >= 15 is 0 Å². The molecule has 16 nitrogen and oxygen atoms in total. The highest BCUT2D eigenvalue weighted by molar-refractivity contribution is 7.28. The maximum absolute atomic E-state index is 13.5. The van der Waals surface area contributed by atoms with Crippen LogP contribution in [0.2, 0.25) is 0 Å².